The smallest absolute Gasteiger partial charge is 0.258 e. The van der Waals surface area contributed by atoms with E-state index in [4.69, 9.17) is 26.3 Å². The average molecular weight is 527 g/mol. The van der Waals surface area contributed by atoms with E-state index in [1.807, 2.05) is 24.3 Å². The van der Waals surface area contributed by atoms with E-state index in [0.29, 0.717) is 22.9 Å². The van der Waals surface area contributed by atoms with Crippen LogP contribution in [-0.2, 0) is 17.8 Å². The van der Waals surface area contributed by atoms with Gasteiger partial charge in [0.15, 0.2) is 11.5 Å². The fourth-order valence-electron chi connectivity index (χ4n) is 5.81. The summed E-state index contributed by atoms with van der Waals surface area (Å²) in [6.07, 6.45) is 4.02. The Balaban J connectivity index is 1.34. The first kappa shape index (κ1) is 24.5. The van der Waals surface area contributed by atoms with Crippen LogP contribution in [-0.4, -0.2) is 71.9 Å². The Labute approximate surface area is 220 Å². The highest BCUT2D eigenvalue weighted by atomic mass is 35.5. The molecule has 6 rings (SSSR count). The summed E-state index contributed by atoms with van der Waals surface area (Å²) in [5, 5.41) is 8.86. The first-order valence-corrected chi connectivity index (χ1v) is 13.3. The maximum absolute atomic E-state index is 14.7. The molecule has 0 unspecified atom stereocenters. The molecule has 0 amide bonds. The van der Waals surface area contributed by atoms with Crippen LogP contribution in [0.4, 0.5) is 10.2 Å². The third-order valence-electron chi connectivity index (χ3n) is 7.85. The number of aromatic nitrogens is 6. The molecule has 9 nitrogen and oxygen atoms in total. The van der Waals surface area contributed by atoms with Crippen LogP contribution in [0.2, 0.25) is 5.02 Å². The second-order valence-electron chi connectivity index (χ2n) is 10.5. The van der Waals surface area contributed by atoms with Crippen molar-refractivity contribution < 1.29 is 9.13 Å². The van der Waals surface area contributed by atoms with Gasteiger partial charge in [-0.3, -0.25) is 4.90 Å². The van der Waals surface area contributed by atoms with Crippen LogP contribution in [0.3, 0.4) is 0 Å². The fraction of sp³-hybridized carbons (Fsp3) is 0.538. The summed E-state index contributed by atoms with van der Waals surface area (Å²) in [5.74, 6) is 2.04. The summed E-state index contributed by atoms with van der Waals surface area (Å²) < 4.78 is 24.8. The van der Waals surface area contributed by atoms with Crippen LogP contribution in [0.25, 0.3) is 16.9 Å². The van der Waals surface area contributed by atoms with Crippen molar-refractivity contribution in [1.29, 1.82) is 0 Å². The third-order valence-corrected chi connectivity index (χ3v) is 8.07. The van der Waals surface area contributed by atoms with Gasteiger partial charge in [0.05, 0.1) is 12.6 Å². The summed E-state index contributed by atoms with van der Waals surface area (Å²) in [5.41, 5.74) is 3.36. The lowest BCUT2D eigenvalue weighted by molar-refractivity contribution is 0.0972. The highest BCUT2D eigenvalue weighted by Crippen LogP contribution is 2.32. The van der Waals surface area contributed by atoms with E-state index in [0.717, 1.165) is 67.5 Å². The Kier molecular flexibility index (Phi) is 6.29. The molecule has 37 heavy (non-hydrogen) atoms. The number of anilines is 1. The van der Waals surface area contributed by atoms with E-state index < -0.39 is 0 Å². The third kappa shape index (κ3) is 4.34. The summed E-state index contributed by atoms with van der Waals surface area (Å²) in [6.45, 7) is 11.9. The number of hydrogen-bond donors (Lipinski definition) is 0. The number of fused-ring (bicyclic) bond motifs is 3. The van der Waals surface area contributed by atoms with Gasteiger partial charge in [0.1, 0.15) is 23.5 Å². The van der Waals surface area contributed by atoms with E-state index in [1.165, 1.54) is 6.07 Å². The molecule has 3 atom stereocenters. The molecule has 0 radical (unpaired) electrons. The molecular formula is C26H32ClFN8O. The average Bonchev–Trinajstić information content (AvgIpc) is 3.59. The largest absolute Gasteiger partial charge is 0.376 e. The van der Waals surface area contributed by atoms with Gasteiger partial charge >= 0.3 is 0 Å². The van der Waals surface area contributed by atoms with Crippen molar-refractivity contribution >= 4 is 34.4 Å². The zero-order valence-electron chi connectivity index (χ0n) is 21.7. The van der Waals surface area contributed by atoms with Crippen LogP contribution >= 0.6 is 11.6 Å². The number of benzene rings is 1. The first-order valence-electron chi connectivity index (χ1n) is 12.9. The number of imidazole rings is 1. The maximum Gasteiger partial charge on any atom is 0.258 e. The molecule has 2 fully saturated rings. The van der Waals surface area contributed by atoms with E-state index in [-0.39, 0.29) is 24.0 Å². The second kappa shape index (κ2) is 9.49. The van der Waals surface area contributed by atoms with Gasteiger partial charge in [-0.15, -0.1) is 10.2 Å². The second-order valence-corrected chi connectivity index (χ2v) is 10.9. The van der Waals surface area contributed by atoms with Gasteiger partial charge in [0.25, 0.3) is 5.78 Å². The van der Waals surface area contributed by atoms with Crippen molar-refractivity contribution in [3.05, 3.63) is 46.3 Å². The standard InChI is InChI=1S/C26H32ClFN8O/c1-15-8-19(27)9-22(28)21(15)13-33-10-17(3)34(11-16(33)2)24-23-25(36-14-29-32-26(36)31-24)35(18(4)30-23)12-20-6-5-7-37-20/h8-9,14,16-17,20H,5-7,10-13H2,1-4H3/t16-,17+,20+/m1/s1. The van der Waals surface area contributed by atoms with Gasteiger partial charge in [0.2, 0.25) is 0 Å². The van der Waals surface area contributed by atoms with Gasteiger partial charge in [-0.2, -0.15) is 4.98 Å². The van der Waals surface area contributed by atoms with E-state index >= 15 is 0 Å². The number of aryl methyl sites for hydroxylation is 2. The van der Waals surface area contributed by atoms with Gasteiger partial charge < -0.3 is 14.2 Å². The SMILES string of the molecule is Cc1cc(Cl)cc(F)c1CN1C[C@H](C)N(c2nc3nncn3c3c2nc(C)n3C[C@@H]2CCCO2)C[C@H]1C. The zero-order valence-corrected chi connectivity index (χ0v) is 22.4. The predicted molar refractivity (Wildman–Crippen MR) is 141 cm³/mol. The molecule has 2 aliphatic rings. The zero-order chi connectivity index (χ0) is 25.8. The highest BCUT2D eigenvalue weighted by molar-refractivity contribution is 6.30. The molecule has 5 heterocycles. The van der Waals surface area contributed by atoms with E-state index in [9.17, 15) is 4.39 Å². The fourth-order valence-corrected chi connectivity index (χ4v) is 6.07. The van der Waals surface area contributed by atoms with Crippen molar-refractivity contribution in [3.63, 3.8) is 0 Å². The summed E-state index contributed by atoms with van der Waals surface area (Å²) in [6, 6.07) is 3.54. The lowest BCUT2D eigenvalue weighted by Gasteiger charge is -2.45. The molecule has 2 saturated heterocycles. The minimum atomic E-state index is -0.250. The Morgan fingerprint density at radius 2 is 1.97 bits per heavy atom. The number of ether oxygens (including phenoxy) is 1. The van der Waals surface area contributed by atoms with Crippen molar-refractivity contribution in [3.8, 4) is 0 Å². The predicted octanol–water partition coefficient (Wildman–Crippen LogP) is 4.16. The van der Waals surface area contributed by atoms with Crippen LogP contribution in [0, 0.1) is 19.7 Å². The molecule has 0 bridgehead atoms. The molecule has 4 aromatic rings. The van der Waals surface area contributed by atoms with Gasteiger partial charge in [-0.05, 0) is 58.2 Å². The van der Waals surface area contributed by atoms with Gasteiger partial charge in [0, 0.05) is 48.9 Å². The number of nitrogens with zero attached hydrogens (tertiary/aromatic N) is 8. The molecule has 0 N–H and O–H groups in total. The Morgan fingerprint density at radius 1 is 1.14 bits per heavy atom. The monoisotopic (exact) mass is 526 g/mol. The van der Waals surface area contributed by atoms with Crippen molar-refractivity contribution in [2.75, 3.05) is 24.6 Å². The van der Waals surface area contributed by atoms with Crippen LogP contribution in [0.5, 0.6) is 0 Å². The first-order chi connectivity index (χ1) is 17.8. The normalized spacial score (nSPS) is 23.1. The summed E-state index contributed by atoms with van der Waals surface area (Å²) >= 11 is 6.05. The van der Waals surface area contributed by atoms with Gasteiger partial charge in [-0.1, -0.05) is 11.6 Å². The quantitative estimate of drug-likeness (QED) is 0.386. The van der Waals surface area contributed by atoms with E-state index in [2.05, 4.69) is 38.4 Å². The molecule has 2 aliphatic heterocycles. The van der Waals surface area contributed by atoms with Crippen LogP contribution in [0.1, 0.15) is 43.6 Å². The van der Waals surface area contributed by atoms with Crippen molar-refractivity contribution in [2.24, 2.45) is 0 Å². The summed E-state index contributed by atoms with van der Waals surface area (Å²) in [7, 11) is 0. The van der Waals surface area contributed by atoms with Crippen LogP contribution < -0.4 is 4.90 Å². The molecule has 1 aromatic carbocycles. The van der Waals surface area contributed by atoms with Crippen molar-refractivity contribution in [1.82, 2.24) is 34.0 Å². The number of rotatable bonds is 5. The maximum atomic E-state index is 14.7. The van der Waals surface area contributed by atoms with Crippen LogP contribution in [0.15, 0.2) is 18.5 Å². The number of halogens is 2. The molecule has 3 aromatic heterocycles. The topological polar surface area (TPSA) is 76.6 Å². The number of hydrogen-bond acceptors (Lipinski definition) is 7. The Morgan fingerprint density at radius 3 is 2.73 bits per heavy atom. The molecule has 0 spiro atoms. The molecule has 0 saturated carbocycles. The highest BCUT2D eigenvalue weighted by Gasteiger charge is 2.33. The lowest BCUT2D eigenvalue weighted by Crippen LogP contribution is -2.56. The molecule has 11 heteroatoms. The summed E-state index contributed by atoms with van der Waals surface area (Å²) in [4.78, 5) is 14.5. The molecule has 0 aliphatic carbocycles. The lowest BCUT2D eigenvalue weighted by atomic mass is 10.0. The molecule has 196 valence electrons. The molecular weight excluding hydrogens is 495 g/mol. The minimum Gasteiger partial charge on any atom is -0.376 e. The Hall–Kier alpha value is -2.82. The van der Waals surface area contributed by atoms with Crippen molar-refractivity contribution in [2.45, 2.75) is 71.8 Å². The number of piperazine rings is 1. The van der Waals surface area contributed by atoms with Gasteiger partial charge in [-0.25, -0.2) is 13.8 Å². The minimum absolute atomic E-state index is 0.136. The Bertz CT molecular complexity index is 1440. The van der Waals surface area contributed by atoms with E-state index in [1.54, 1.807) is 6.33 Å².